The number of rotatable bonds is 2. The Morgan fingerprint density at radius 1 is 0.850 bits per heavy atom. The van der Waals surface area contributed by atoms with E-state index < -0.39 is 0 Å². The van der Waals surface area contributed by atoms with Gasteiger partial charge in [-0.25, -0.2) is 0 Å². The minimum Gasteiger partial charge on any atom is -0.0654 e. The van der Waals surface area contributed by atoms with E-state index in [1.807, 2.05) is 0 Å². The van der Waals surface area contributed by atoms with Crippen molar-refractivity contribution in [3.63, 3.8) is 0 Å². The third-order valence-electron chi connectivity index (χ3n) is 7.68. The van der Waals surface area contributed by atoms with Crippen LogP contribution in [-0.4, -0.2) is 0 Å². The molecule has 20 heavy (non-hydrogen) atoms. The fourth-order valence-corrected chi connectivity index (χ4v) is 6.78. The van der Waals surface area contributed by atoms with Crippen LogP contribution in [0.5, 0.6) is 0 Å². The molecule has 0 radical (unpaired) electrons. The summed E-state index contributed by atoms with van der Waals surface area (Å²) in [6.07, 6.45) is 12.2. The third kappa shape index (κ3) is 2.46. The molecule has 0 heterocycles. The van der Waals surface area contributed by atoms with E-state index in [1.54, 1.807) is 25.7 Å². The Balaban J connectivity index is 1.83. The molecule has 0 spiro atoms. The van der Waals surface area contributed by atoms with Gasteiger partial charge in [-0.2, -0.15) is 0 Å². The first-order chi connectivity index (χ1) is 9.63. The van der Waals surface area contributed by atoms with Crippen LogP contribution >= 0.6 is 0 Å². The monoisotopic (exact) mass is 276 g/mol. The van der Waals surface area contributed by atoms with Gasteiger partial charge in [-0.3, -0.25) is 0 Å². The van der Waals surface area contributed by atoms with Crippen molar-refractivity contribution in [2.75, 3.05) is 0 Å². The lowest BCUT2D eigenvalue weighted by atomic mass is 9.49. The summed E-state index contributed by atoms with van der Waals surface area (Å²) in [5, 5.41) is 0. The molecular weight excluding hydrogens is 240 g/mol. The molecule has 8 unspecified atom stereocenters. The number of fused-ring (bicyclic) bond motifs is 3. The Morgan fingerprint density at radius 2 is 1.65 bits per heavy atom. The van der Waals surface area contributed by atoms with Crippen LogP contribution in [0.4, 0.5) is 0 Å². The van der Waals surface area contributed by atoms with E-state index in [0.717, 1.165) is 47.3 Å². The zero-order valence-electron chi connectivity index (χ0n) is 14.3. The van der Waals surface area contributed by atoms with Crippen molar-refractivity contribution in [3.8, 4) is 0 Å². The highest BCUT2D eigenvalue weighted by Crippen LogP contribution is 2.58. The van der Waals surface area contributed by atoms with Gasteiger partial charge < -0.3 is 0 Å². The summed E-state index contributed by atoms with van der Waals surface area (Å²) >= 11 is 0. The number of hydrogen-bond donors (Lipinski definition) is 0. The SMILES string of the molecule is CCCC1CCCC2C1C(C)CC1CCC(C)C(C)C12. The molecule has 3 saturated carbocycles. The first kappa shape index (κ1) is 14.9. The largest absolute Gasteiger partial charge is 0.0654 e. The lowest BCUT2D eigenvalue weighted by molar-refractivity contribution is -0.0758. The molecule has 116 valence electrons. The van der Waals surface area contributed by atoms with Crippen LogP contribution in [0, 0.1) is 47.3 Å². The summed E-state index contributed by atoms with van der Waals surface area (Å²) in [4.78, 5) is 0. The summed E-state index contributed by atoms with van der Waals surface area (Å²) < 4.78 is 0. The predicted octanol–water partition coefficient (Wildman–Crippen LogP) is 6.16. The van der Waals surface area contributed by atoms with E-state index >= 15 is 0 Å². The molecule has 0 saturated heterocycles. The van der Waals surface area contributed by atoms with Gasteiger partial charge in [0.15, 0.2) is 0 Å². The van der Waals surface area contributed by atoms with Crippen molar-refractivity contribution in [3.05, 3.63) is 0 Å². The van der Waals surface area contributed by atoms with Crippen molar-refractivity contribution in [2.24, 2.45) is 47.3 Å². The van der Waals surface area contributed by atoms with Gasteiger partial charge in [0.25, 0.3) is 0 Å². The highest BCUT2D eigenvalue weighted by molar-refractivity contribution is 4.99. The Bertz CT molecular complexity index is 318. The van der Waals surface area contributed by atoms with Gasteiger partial charge >= 0.3 is 0 Å². The maximum absolute atomic E-state index is 2.60. The summed E-state index contributed by atoms with van der Waals surface area (Å²) in [6, 6.07) is 0. The molecule has 0 N–H and O–H groups in total. The van der Waals surface area contributed by atoms with Crippen LogP contribution in [0.15, 0.2) is 0 Å². The second kappa shape index (κ2) is 6.01. The average molecular weight is 277 g/mol. The normalized spacial score (nSPS) is 52.2. The van der Waals surface area contributed by atoms with Gasteiger partial charge in [0.2, 0.25) is 0 Å². The topological polar surface area (TPSA) is 0 Å². The van der Waals surface area contributed by atoms with Crippen LogP contribution in [0.2, 0.25) is 0 Å². The van der Waals surface area contributed by atoms with E-state index in [0.29, 0.717) is 0 Å². The molecule has 0 heteroatoms. The Hall–Kier alpha value is 0. The highest BCUT2D eigenvalue weighted by Gasteiger charge is 2.50. The summed E-state index contributed by atoms with van der Waals surface area (Å²) in [5.74, 6) is 8.39. The molecule has 0 aromatic heterocycles. The highest BCUT2D eigenvalue weighted by atomic mass is 14.6. The molecular formula is C20H36. The molecule has 3 rings (SSSR count). The second-order valence-electron chi connectivity index (χ2n) is 8.69. The molecule has 3 fully saturated rings. The van der Waals surface area contributed by atoms with Gasteiger partial charge in [-0.05, 0) is 66.6 Å². The minimum absolute atomic E-state index is 0.983. The molecule has 8 atom stereocenters. The van der Waals surface area contributed by atoms with Crippen LogP contribution in [0.1, 0.15) is 79.1 Å². The summed E-state index contributed by atoms with van der Waals surface area (Å²) in [5.41, 5.74) is 0. The van der Waals surface area contributed by atoms with Gasteiger partial charge in [-0.1, -0.05) is 59.8 Å². The summed E-state index contributed by atoms with van der Waals surface area (Å²) in [6.45, 7) is 10.1. The lowest BCUT2D eigenvalue weighted by Gasteiger charge is -2.57. The maximum Gasteiger partial charge on any atom is -0.0326 e. The average Bonchev–Trinajstić information content (AvgIpc) is 2.43. The van der Waals surface area contributed by atoms with Crippen LogP contribution in [-0.2, 0) is 0 Å². The maximum atomic E-state index is 2.60. The zero-order valence-corrected chi connectivity index (χ0v) is 14.3. The fourth-order valence-electron chi connectivity index (χ4n) is 6.78. The van der Waals surface area contributed by atoms with Crippen LogP contribution in [0.25, 0.3) is 0 Å². The van der Waals surface area contributed by atoms with Crippen LogP contribution < -0.4 is 0 Å². The minimum atomic E-state index is 0.983. The van der Waals surface area contributed by atoms with E-state index in [4.69, 9.17) is 0 Å². The molecule has 3 aliphatic rings. The van der Waals surface area contributed by atoms with Crippen molar-refractivity contribution in [2.45, 2.75) is 79.1 Å². The standard InChI is InChI=1S/C20H36/c1-5-7-16-8-6-9-18-19(16)14(3)12-17-11-10-13(2)15(4)20(17)18/h13-20H,5-12H2,1-4H3. The van der Waals surface area contributed by atoms with Crippen molar-refractivity contribution in [1.82, 2.24) is 0 Å². The summed E-state index contributed by atoms with van der Waals surface area (Å²) in [7, 11) is 0. The Morgan fingerprint density at radius 3 is 2.40 bits per heavy atom. The zero-order chi connectivity index (χ0) is 14.3. The van der Waals surface area contributed by atoms with Gasteiger partial charge in [0.1, 0.15) is 0 Å². The molecule has 3 aliphatic carbocycles. The Labute approximate surface area is 127 Å². The fraction of sp³-hybridized carbons (Fsp3) is 1.00. The van der Waals surface area contributed by atoms with Gasteiger partial charge in [-0.15, -0.1) is 0 Å². The van der Waals surface area contributed by atoms with Crippen LogP contribution in [0.3, 0.4) is 0 Å². The lowest BCUT2D eigenvalue weighted by Crippen LogP contribution is -2.49. The van der Waals surface area contributed by atoms with E-state index in [2.05, 4.69) is 27.7 Å². The first-order valence-corrected chi connectivity index (χ1v) is 9.63. The Kier molecular flexibility index (Phi) is 4.48. The quantitative estimate of drug-likeness (QED) is 0.567. The molecule has 0 aliphatic heterocycles. The first-order valence-electron chi connectivity index (χ1n) is 9.63. The molecule has 0 nitrogen and oxygen atoms in total. The van der Waals surface area contributed by atoms with E-state index in [9.17, 15) is 0 Å². The molecule has 0 bridgehead atoms. The molecule has 0 amide bonds. The third-order valence-corrected chi connectivity index (χ3v) is 7.68. The van der Waals surface area contributed by atoms with E-state index in [1.165, 1.54) is 25.7 Å². The second-order valence-corrected chi connectivity index (χ2v) is 8.69. The molecule has 0 aromatic rings. The number of hydrogen-bond acceptors (Lipinski definition) is 0. The van der Waals surface area contributed by atoms with Crippen molar-refractivity contribution < 1.29 is 0 Å². The predicted molar refractivity (Wildman–Crippen MR) is 87.6 cm³/mol. The van der Waals surface area contributed by atoms with Gasteiger partial charge in [0, 0.05) is 0 Å². The van der Waals surface area contributed by atoms with Crippen molar-refractivity contribution in [1.29, 1.82) is 0 Å². The molecule has 0 aromatic carbocycles. The van der Waals surface area contributed by atoms with E-state index in [-0.39, 0.29) is 0 Å². The van der Waals surface area contributed by atoms with Crippen molar-refractivity contribution >= 4 is 0 Å². The van der Waals surface area contributed by atoms with Gasteiger partial charge in [0.05, 0.1) is 0 Å². The smallest absolute Gasteiger partial charge is 0.0326 e.